The van der Waals surface area contributed by atoms with Crippen LogP contribution in [-0.2, 0) is 22.6 Å². The van der Waals surface area contributed by atoms with Gasteiger partial charge in [-0.25, -0.2) is 13.2 Å². The number of hydrogen-bond acceptors (Lipinski definition) is 6. The third-order valence-corrected chi connectivity index (χ3v) is 5.56. The van der Waals surface area contributed by atoms with E-state index in [0.717, 1.165) is 39.0 Å². The molecule has 34 heavy (non-hydrogen) atoms. The predicted molar refractivity (Wildman–Crippen MR) is 121 cm³/mol. The van der Waals surface area contributed by atoms with E-state index in [0.29, 0.717) is 5.75 Å². The minimum atomic E-state index is -4.66. The van der Waals surface area contributed by atoms with Crippen molar-refractivity contribution in [1.29, 1.82) is 0 Å². The number of imidazole rings is 1. The quantitative estimate of drug-likeness (QED) is 0.510. The number of ether oxygens (including phenoxy) is 2. The number of nitrogens with zero attached hydrogens (tertiary/aromatic N) is 2. The largest absolute Gasteiger partial charge is 0.493 e. The van der Waals surface area contributed by atoms with Gasteiger partial charge in [-0.3, -0.25) is 9.13 Å². The normalized spacial score (nSPS) is 12.9. The van der Waals surface area contributed by atoms with E-state index in [1.807, 2.05) is 0 Å². The van der Waals surface area contributed by atoms with E-state index in [2.05, 4.69) is 0 Å². The van der Waals surface area contributed by atoms with E-state index in [1.165, 1.54) is 25.3 Å². The fraction of sp³-hybridized carbons (Fsp3) is 0.318. The molecule has 1 aromatic heterocycles. The third-order valence-electron chi connectivity index (χ3n) is 4.91. The summed E-state index contributed by atoms with van der Waals surface area (Å²) < 4.78 is 77.2. The van der Waals surface area contributed by atoms with Gasteiger partial charge in [-0.2, -0.15) is 13.2 Å². The van der Waals surface area contributed by atoms with Crippen LogP contribution in [0.5, 0.6) is 11.5 Å². The van der Waals surface area contributed by atoms with Crippen LogP contribution < -0.4 is 15.2 Å². The van der Waals surface area contributed by atoms with Gasteiger partial charge in [-0.1, -0.05) is 0 Å². The maximum absolute atomic E-state index is 13.3. The minimum absolute atomic E-state index is 0.0372. The lowest BCUT2D eigenvalue weighted by Crippen LogP contribution is -2.25. The van der Waals surface area contributed by atoms with Gasteiger partial charge in [-0.05, 0) is 43.3 Å². The van der Waals surface area contributed by atoms with Gasteiger partial charge in [-0.15, -0.1) is 0 Å². The van der Waals surface area contributed by atoms with Gasteiger partial charge in [0, 0.05) is 11.8 Å². The Morgan fingerprint density at radius 3 is 2.38 bits per heavy atom. The summed E-state index contributed by atoms with van der Waals surface area (Å²) in [6, 6.07) is 7.20. The van der Waals surface area contributed by atoms with E-state index in [4.69, 9.17) is 9.47 Å². The second kappa shape index (κ2) is 9.55. The van der Waals surface area contributed by atoms with Gasteiger partial charge < -0.3 is 14.6 Å². The molecule has 1 heterocycles. The Balaban J connectivity index is 2.40. The lowest BCUT2D eigenvalue weighted by atomic mass is 10.1. The highest BCUT2D eigenvalue weighted by Crippen LogP contribution is 2.34. The number of aliphatic hydroxyl groups is 1. The first-order valence-electron chi connectivity index (χ1n) is 10.1. The molecule has 12 heteroatoms. The van der Waals surface area contributed by atoms with Crippen molar-refractivity contribution in [1.82, 2.24) is 9.13 Å². The number of rotatable bonds is 8. The first-order valence-corrected chi connectivity index (χ1v) is 12.0. The molecule has 0 radical (unpaired) electrons. The zero-order chi connectivity index (χ0) is 25.3. The molecule has 0 unspecified atom stereocenters. The van der Waals surface area contributed by atoms with Crippen molar-refractivity contribution in [2.24, 2.45) is 0 Å². The molecule has 3 rings (SSSR count). The molecule has 1 N–H and O–H groups in total. The van der Waals surface area contributed by atoms with Crippen molar-refractivity contribution in [2.75, 3.05) is 26.6 Å². The van der Waals surface area contributed by atoms with Crippen LogP contribution in [-0.4, -0.2) is 49.2 Å². The van der Waals surface area contributed by atoms with Gasteiger partial charge >= 0.3 is 11.9 Å². The first kappa shape index (κ1) is 25.4. The molecule has 0 saturated carbocycles. The lowest BCUT2D eigenvalue weighted by molar-refractivity contribution is -0.137. The molecule has 2 aromatic carbocycles. The van der Waals surface area contributed by atoms with Crippen molar-refractivity contribution in [2.45, 2.75) is 19.6 Å². The molecule has 0 aliphatic rings. The summed E-state index contributed by atoms with van der Waals surface area (Å²) in [4.78, 5) is 13.3. The van der Waals surface area contributed by atoms with Crippen molar-refractivity contribution in [3.8, 4) is 11.5 Å². The Morgan fingerprint density at radius 2 is 1.82 bits per heavy atom. The molecule has 0 amide bonds. The van der Waals surface area contributed by atoms with Crippen LogP contribution in [0.25, 0.3) is 16.7 Å². The SMILES string of the molecule is CCOc1cc(/C(=C\S(C)(=O)=O)n2c(=O)n(CCO)c3cc(C(F)(F)F)ccc32)ccc1OC. The van der Waals surface area contributed by atoms with Gasteiger partial charge in [0.05, 0.1) is 54.6 Å². The third kappa shape index (κ3) is 5.12. The van der Waals surface area contributed by atoms with Crippen LogP contribution >= 0.6 is 0 Å². The smallest absolute Gasteiger partial charge is 0.416 e. The number of halogens is 3. The second-order valence-corrected chi connectivity index (χ2v) is 9.22. The van der Waals surface area contributed by atoms with Gasteiger partial charge in [0.1, 0.15) is 0 Å². The molecule has 0 fully saturated rings. The van der Waals surface area contributed by atoms with Gasteiger partial charge in [0.25, 0.3) is 0 Å². The summed E-state index contributed by atoms with van der Waals surface area (Å²) in [6.07, 6.45) is -3.73. The molecule has 8 nitrogen and oxygen atoms in total. The molecule has 0 aliphatic carbocycles. The summed E-state index contributed by atoms with van der Waals surface area (Å²) in [5, 5.41) is 10.3. The zero-order valence-corrected chi connectivity index (χ0v) is 19.4. The Bertz CT molecular complexity index is 1400. The van der Waals surface area contributed by atoms with Crippen molar-refractivity contribution >= 4 is 26.6 Å². The van der Waals surface area contributed by atoms with Crippen molar-refractivity contribution < 1.29 is 36.2 Å². The molecule has 0 atom stereocenters. The fourth-order valence-corrected chi connectivity index (χ4v) is 4.18. The molecule has 3 aromatic rings. The number of sulfone groups is 1. The predicted octanol–water partition coefficient (Wildman–Crippen LogP) is 3.11. The Kier molecular flexibility index (Phi) is 7.13. The molecular weight excluding hydrogens is 477 g/mol. The number of alkyl halides is 3. The van der Waals surface area contributed by atoms with E-state index in [1.54, 1.807) is 6.92 Å². The molecule has 0 bridgehead atoms. The lowest BCUT2D eigenvalue weighted by Gasteiger charge is -2.14. The molecular formula is C22H23F3N2O6S. The summed E-state index contributed by atoms with van der Waals surface area (Å²) in [5.41, 5.74) is -1.72. The summed E-state index contributed by atoms with van der Waals surface area (Å²) in [6.45, 7) is 1.21. The van der Waals surface area contributed by atoms with Gasteiger partial charge in [0.15, 0.2) is 21.3 Å². The van der Waals surface area contributed by atoms with Crippen LogP contribution in [0.3, 0.4) is 0 Å². The highest BCUT2D eigenvalue weighted by Gasteiger charge is 2.32. The maximum Gasteiger partial charge on any atom is 0.416 e. The minimum Gasteiger partial charge on any atom is -0.493 e. The summed E-state index contributed by atoms with van der Waals surface area (Å²) in [5.74, 6) is 0.655. The van der Waals surface area contributed by atoms with E-state index in [9.17, 15) is 31.5 Å². The summed E-state index contributed by atoms with van der Waals surface area (Å²) >= 11 is 0. The van der Waals surface area contributed by atoms with Crippen molar-refractivity contribution in [3.63, 3.8) is 0 Å². The maximum atomic E-state index is 13.3. The first-order chi connectivity index (χ1) is 15.9. The van der Waals surface area contributed by atoms with Crippen LogP contribution in [0, 0.1) is 0 Å². The summed E-state index contributed by atoms with van der Waals surface area (Å²) in [7, 11) is -2.39. The topological polar surface area (TPSA) is 99.8 Å². The molecule has 0 spiro atoms. The second-order valence-electron chi connectivity index (χ2n) is 7.33. The number of benzene rings is 2. The monoisotopic (exact) mass is 500 g/mol. The van der Waals surface area contributed by atoms with Crippen LogP contribution in [0.1, 0.15) is 18.1 Å². The number of aliphatic hydroxyl groups excluding tert-OH is 1. The molecule has 0 aliphatic heterocycles. The standard InChI is InChI=1S/C22H23F3N2O6S/c1-4-33-20-11-14(5-8-19(20)32-2)18(13-34(3,30)31)27-16-7-6-15(22(23,24)25)12-17(16)26(9-10-28)21(27)29/h5-8,11-13,28H,4,9-10H2,1-3H3/b18-13+. The van der Waals surface area contributed by atoms with Crippen molar-refractivity contribution in [3.05, 3.63) is 63.4 Å². The Morgan fingerprint density at radius 1 is 1.12 bits per heavy atom. The zero-order valence-electron chi connectivity index (χ0n) is 18.6. The average molecular weight is 500 g/mol. The average Bonchev–Trinajstić information content (AvgIpc) is 3.02. The number of fused-ring (bicyclic) bond motifs is 1. The number of methoxy groups -OCH3 is 1. The van der Waals surface area contributed by atoms with E-state index < -0.39 is 33.9 Å². The van der Waals surface area contributed by atoms with Crippen LogP contribution in [0.15, 0.2) is 46.6 Å². The molecule has 184 valence electrons. The Hall–Kier alpha value is -3.25. The molecule has 0 saturated heterocycles. The van der Waals surface area contributed by atoms with Crippen LogP contribution in [0.4, 0.5) is 13.2 Å². The Labute approximate surface area is 193 Å². The highest BCUT2D eigenvalue weighted by atomic mass is 32.2. The van der Waals surface area contributed by atoms with E-state index in [-0.39, 0.29) is 41.2 Å². The highest BCUT2D eigenvalue weighted by molar-refractivity contribution is 7.93. The van der Waals surface area contributed by atoms with Gasteiger partial charge in [0.2, 0.25) is 0 Å². The van der Waals surface area contributed by atoms with Crippen LogP contribution in [0.2, 0.25) is 0 Å². The van der Waals surface area contributed by atoms with E-state index >= 15 is 0 Å². The fourth-order valence-electron chi connectivity index (χ4n) is 3.54. The number of hydrogen-bond donors (Lipinski definition) is 1. The number of aromatic nitrogens is 2.